The van der Waals surface area contributed by atoms with Crippen molar-refractivity contribution < 1.29 is 22.7 Å². The Labute approximate surface area is 261 Å². The lowest BCUT2D eigenvalue weighted by Gasteiger charge is -2.32. The number of carbonyl (C=O) groups is 2. The van der Waals surface area contributed by atoms with Gasteiger partial charge in [0.15, 0.2) is 0 Å². The van der Waals surface area contributed by atoms with Gasteiger partial charge in [0.25, 0.3) is 0 Å². The standard InChI is InChI=1S/C33H42ClN3O5S/c1-5-6-20-35-33(39)30(22-26-14-8-7-9-15-26)36(24-27-16-11-10-13-25(27)2)32(38)17-12-21-37(43(4,40)41)28-18-19-31(42-3)29(34)23-28/h7-11,13-16,18-19,23,30H,5-6,12,17,20-22,24H2,1-4H3,(H,35,39). The SMILES string of the molecule is CCCCNC(=O)C(Cc1ccccc1)N(Cc1ccccc1C)C(=O)CCCN(c1ccc(OC)c(Cl)c1)S(C)(=O)=O. The van der Waals surface area contributed by atoms with E-state index in [4.69, 9.17) is 16.3 Å². The van der Waals surface area contributed by atoms with Crippen molar-refractivity contribution in [2.75, 3.05) is 30.8 Å². The molecule has 0 spiro atoms. The van der Waals surface area contributed by atoms with Crippen LogP contribution >= 0.6 is 11.6 Å². The number of hydrogen-bond donors (Lipinski definition) is 1. The molecule has 0 saturated heterocycles. The van der Waals surface area contributed by atoms with E-state index >= 15 is 0 Å². The van der Waals surface area contributed by atoms with Crippen molar-refractivity contribution >= 4 is 39.1 Å². The number of ether oxygens (including phenoxy) is 1. The van der Waals surface area contributed by atoms with E-state index in [1.807, 2.05) is 61.5 Å². The number of aryl methyl sites for hydroxylation is 1. The first-order chi connectivity index (χ1) is 20.5. The quantitative estimate of drug-likeness (QED) is 0.204. The molecule has 0 fully saturated rings. The first-order valence-electron chi connectivity index (χ1n) is 14.5. The Balaban J connectivity index is 1.88. The maximum Gasteiger partial charge on any atom is 0.243 e. The van der Waals surface area contributed by atoms with E-state index in [1.165, 1.54) is 17.5 Å². The molecule has 3 aromatic carbocycles. The molecule has 3 rings (SSSR count). The van der Waals surface area contributed by atoms with Gasteiger partial charge in [0.1, 0.15) is 11.8 Å². The molecule has 0 radical (unpaired) electrons. The van der Waals surface area contributed by atoms with Crippen LogP contribution in [-0.2, 0) is 32.6 Å². The summed E-state index contributed by atoms with van der Waals surface area (Å²) in [7, 11) is -2.18. The van der Waals surface area contributed by atoms with Gasteiger partial charge in [0, 0.05) is 32.5 Å². The fraction of sp³-hybridized carbons (Fsp3) is 0.394. The summed E-state index contributed by atoms with van der Waals surface area (Å²) >= 11 is 6.27. The number of rotatable bonds is 16. The summed E-state index contributed by atoms with van der Waals surface area (Å²) in [6.45, 7) is 4.89. The number of unbranched alkanes of at least 4 members (excludes halogenated alkanes) is 1. The van der Waals surface area contributed by atoms with E-state index in [0.717, 1.165) is 35.8 Å². The summed E-state index contributed by atoms with van der Waals surface area (Å²) in [6, 6.07) is 21.5. The van der Waals surface area contributed by atoms with Crippen LogP contribution in [0.25, 0.3) is 0 Å². The van der Waals surface area contributed by atoms with Crippen molar-refractivity contribution in [2.24, 2.45) is 0 Å². The van der Waals surface area contributed by atoms with Crippen LogP contribution in [0, 0.1) is 6.92 Å². The number of benzene rings is 3. The Morgan fingerprint density at radius 2 is 1.70 bits per heavy atom. The zero-order valence-corrected chi connectivity index (χ0v) is 27.0. The maximum atomic E-state index is 14.0. The van der Waals surface area contributed by atoms with Crippen LogP contribution in [0.15, 0.2) is 72.8 Å². The number of nitrogens with one attached hydrogen (secondary N) is 1. The van der Waals surface area contributed by atoms with E-state index < -0.39 is 16.1 Å². The van der Waals surface area contributed by atoms with Crippen LogP contribution in [-0.4, -0.2) is 57.6 Å². The van der Waals surface area contributed by atoms with Crippen LogP contribution in [0.5, 0.6) is 5.75 Å². The van der Waals surface area contributed by atoms with E-state index in [1.54, 1.807) is 17.0 Å². The molecule has 43 heavy (non-hydrogen) atoms. The number of carbonyl (C=O) groups excluding carboxylic acids is 2. The maximum absolute atomic E-state index is 14.0. The fourth-order valence-electron chi connectivity index (χ4n) is 4.85. The highest BCUT2D eigenvalue weighted by atomic mass is 35.5. The molecule has 0 saturated carbocycles. The van der Waals surface area contributed by atoms with Crippen LogP contribution in [0.4, 0.5) is 5.69 Å². The van der Waals surface area contributed by atoms with Gasteiger partial charge >= 0.3 is 0 Å². The number of halogens is 1. The van der Waals surface area contributed by atoms with Gasteiger partial charge in [-0.2, -0.15) is 0 Å². The summed E-state index contributed by atoms with van der Waals surface area (Å²) in [4.78, 5) is 29.2. The number of methoxy groups -OCH3 is 1. The van der Waals surface area contributed by atoms with Crippen molar-refractivity contribution in [3.63, 3.8) is 0 Å². The molecule has 0 aromatic heterocycles. The lowest BCUT2D eigenvalue weighted by atomic mass is 10.0. The Kier molecular flexibility index (Phi) is 12.9. The zero-order chi connectivity index (χ0) is 31.4. The molecular weight excluding hydrogens is 586 g/mol. The molecule has 0 aliphatic heterocycles. The van der Waals surface area contributed by atoms with Gasteiger partial charge < -0.3 is 15.0 Å². The minimum atomic E-state index is -3.67. The van der Waals surface area contributed by atoms with Crippen LogP contribution in [0.2, 0.25) is 5.02 Å². The third kappa shape index (κ3) is 10.0. The highest BCUT2D eigenvalue weighted by molar-refractivity contribution is 7.92. The van der Waals surface area contributed by atoms with Crippen molar-refractivity contribution in [1.29, 1.82) is 0 Å². The summed E-state index contributed by atoms with van der Waals surface area (Å²) < 4.78 is 31.9. The van der Waals surface area contributed by atoms with Gasteiger partial charge in [-0.15, -0.1) is 0 Å². The highest BCUT2D eigenvalue weighted by Gasteiger charge is 2.30. The normalized spacial score (nSPS) is 11.9. The Bertz CT molecular complexity index is 1470. The lowest BCUT2D eigenvalue weighted by Crippen LogP contribution is -2.50. The number of sulfonamides is 1. The average Bonchev–Trinajstić information content (AvgIpc) is 2.97. The number of anilines is 1. The smallest absolute Gasteiger partial charge is 0.243 e. The van der Waals surface area contributed by atoms with Crippen molar-refractivity contribution in [1.82, 2.24) is 10.2 Å². The molecule has 0 bridgehead atoms. The molecule has 2 amide bonds. The van der Waals surface area contributed by atoms with Crippen molar-refractivity contribution in [2.45, 2.75) is 58.5 Å². The molecular formula is C33H42ClN3O5S. The van der Waals surface area contributed by atoms with Gasteiger partial charge in [-0.1, -0.05) is 79.5 Å². The first-order valence-corrected chi connectivity index (χ1v) is 16.7. The largest absolute Gasteiger partial charge is 0.495 e. The fourth-order valence-corrected chi connectivity index (χ4v) is 6.05. The van der Waals surface area contributed by atoms with Gasteiger partial charge in [-0.05, 0) is 54.7 Å². The third-order valence-corrected chi connectivity index (χ3v) is 8.77. The first kappa shape index (κ1) is 33.9. The summed E-state index contributed by atoms with van der Waals surface area (Å²) in [5.74, 6) is 0.00322. The van der Waals surface area contributed by atoms with E-state index in [-0.39, 0.29) is 42.8 Å². The lowest BCUT2D eigenvalue weighted by molar-refractivity contribution is -0.141. The zero-order valence-electron chi connectivity index (χ0n) is 25.4. The molecule has 0 aliphatic carbocycles. The Morgan fingerprint density at radius 3 is 2.33 bits per heavy atom. The predicted octanol–water partition coefficient (Wildman–Crippen LogP) is 5.76. The molecule has 1 unspecified atom stereocenters. The Morgan fingerprint density at radius 1 is 1.00 bits per heavy atom. The third-order valence-electron chi connectivity index (χ3n) is 7.28. The minimum absolute atomic E-state index is 0.0509. The second kappa shape index (κ2) is 16.3. The number of amides is 2. The van der Waals surface area contributed by atoms with Crippen LogP contribution < -0.4 is 14.4 Å². The molecule has 0 heterocycles. The molecule has 8 nitrogen and oxygen atoms in total. The molecule has 0 aliphatic rings. The Hall–Kier alpha value is -3.56. The number of hydrogen-bond acceptors (Lipinski definition) is 5. The van der Waals surface area contributed by atoms with Crippen LogP contribution in [0.1, 0.15) is 49.3 Å². The van der Waals surface area contributed by atoms with Gasteiger partial charge in [0.05, 0.1) is 24.1 Å². The van der Waals surface area contributed by atoms with Gasteiger partial charge in [0.2, 0.25) is 21.8 Å². The second-order valence-electron chi connectivity index (χ2n) is 10.6. The highest BCUT2D eigenvalue weighted by Crippen LogP contribution is 2.30. The van der Waals surface area contributed by atoms with E-state index in [0.29, 0.717) is 24.4 Å². The topological polar surface area (TPSA) is 96.0 Å². The molecule has 1 atom stereocenters. The summed E-state index contributed by atoms with van der Waals surface area (Å²) in [6.07, 6.45) is 3.55. The predicted molar refractivity (Wildman–Crippen MR) is 173 cm³/mol. The van der Waals surface area contributed by atoms with Crippen molar-refractivity contribution in [3.05, 3.63) is 94.5 Å². The van der Waals surface area contributed by atoms with Crippen LogP contribution in [0.3, 0.4) is 0 Å². The average molecular weight is 628 g/mol. The van der Waals surface area contributed by atoms with E-state index in [9.17, 15) is 18.0 Å². The van der Waals surface area contributed by atoms with Crippen molar-refractivity contribution in [3.8, 4) is 5.75 Å². The number of nitrogens with zero attached hydrogens (tertiary/aromatic N) is 2. The van der Waals surface area contributed by atoms with Gasteiger partial charge in [-0.25, -0.2) is 8.42 Å². The minimum Gasteiger partial charge on any atom is -0.495 e. The molecule has 3 aromatic rings. The second-order valence-corrected chi connectivity index (χ2v) is 12.9. The molecule has 10 heteroatoms. The molecule has 232 valence electrons. The summed E-state index contributed by atoms with van der Waals surface area (Å²) in [5, 5.41) is 3.31. The monoisotopic (exact) mass is 627 g/mol. The van der Waals surface area contributed by atoms with Gasteiger partial charge in [-0.3, -0.25) is 13.9 Å². The molecule has 1 N–H and O–H groups in total. The summed E-state index contributed by atoms with van der Waals surface area (Å²) in [5.41, 5.74) is 3.29. The van der Waals surface area contributed by atoms with E-state index in [2.05, 4.69) is 12.2 Å².